The van der Waals surface area contributed by atoms with Gasteiger partial charge >= 0.3 is 0 Å². The first kappa shape index (κ1) is 22.7. The molecule has 10 aromatic rings. The van der Waals surface area contributed by atoms with E-state index >= 15 is 0 Å². The fourth-order valence-electron chi connectivity index (χ4n) is 7.61. The SMILES string of the molecule is [2H]C([2H])([2H])C([2H])([2H])c1nc2ccccc2n1-c1ccc2cc(-c3c4ccccc4c(-c4cccc5sc6ccccc6c45)c4ccccc34)ccc2c1. The van der Waals surface area contributed by atoms with Crippen molar-refractivity contribution >= 4 is 74.9 Å². The molecular weight excluding hydrogens is 601 g/mol. The minimum Gasteiger partial charge on any atom is -0.296 e. The minimum absolute atomic E-state index is 0.140. The summed E-state index contributed by atoms with van der Waals surface area (Å²) in [4.78, 5) is 4.50. The first-order chi connectivity index (χ1) is 25.7. The van der Waals surface area contributed by atoms with Crippen molar-refractivity contribution in [3.8, 4) is 27.9 Å². The van der Waals surface area contributed by atoms with E-state index in [2.05, 4.69) is 114 Å². The summed E-state index contributed by atoms with van der Waals surface area (Å²) in [5, 5.41) is 9.28. The van der Waals surface area contributed by atoms with Crippen LogP contribution in [0.2, 0.25) is 0 Å². The minimum atomic E-state index is -2.90. The number of hydrogen-bond acceptors (Lipinski definition) is 2. The van der Waals surface area contributed by atoms with Gasteiger partial charge in [0, 0.05) is 39.1 Å². The molecule has 0 aliphatic carbocycles. The Balaban J connectivity index is 1.18. The lowest BCUT2D eigenvalue weighted by Crippen LogP contribution is -2.00. The lowest BCUT2D eigenvalue weighted by atomic mass is 9.84. The highest BCUT2D eigenvalue weighted by Crippen LogP contribution is 2.48. The average Bonchev–Trinajstić information content (AvgIpc) is 3.76. The van der Waals surface area contributed by atoms with E-state index in [1.807, 2.05) is 47.7 Å². The fourth-order valence-corrected chi connectivity index (χ4v) is 8.74. The van der Waals surface area contributed by atoms with Gasteiger partial charge in [0.05, 0.1) is 11.0 Å². The van der Waals surface area contributed by atoms with Gasteiger partial charge in [0.1, 0.15) is 5.82 Å². The number of aryl methyl sites for hydroxylation is 1. The molecule has 0 fully saturated rings. The van der Waals surface area contributed by atoms with Crippen LogP contribution in [-0.4, -0.2) is 9.55 Å². The molecule has 0 amide bonds. The summed E-state index contributed by atoms with van der Waals surface area (Å²) in [7, 11) is 0. The van der Waals surface area contributed by atoms with Crippen molar-refractivity contribution < 1.29 is 6.85 Å². The maximum atomic E-state index is 8.62. The fraction of sp³-hybridized carbons (Fsp3) is 0.0444. The zero-order valence-electron chi connectivity index (χ0n) is 30.7. The molecule has 0 atom stereocenters. The highest BCUT2D eigenvalue weighted by molar-refractivity contribution is 7.25. The van der Waals surface area contributed by atoms with Gasteiger partial charge in [-0.15, -0.1) is 11.3 Å². The molecule has 0 N–H and O–H groups in total. The van der Waals surface area contributed by atoms with Crippen LogP contribution >= 0.6 is 11.3 Å². The third kappa shape index (κ3) is 4.01. The number of fused-ring (bicyclic) bond motifs is 7. The second-order valence-electron chi connectivity index (χ2n) is 12.2. The standard InChI is InChI=1S/C45H30N2S/c1-2-42-46-38-18-8-9-19-39(38)47(42)31-25-24-28-26-30(23-22-29(28)27-31)43-32-12-3-5-14-34(32)44(35-15-6-4-13-33(35)43)37-17-11-21-41-45(37)36-16-7-10-20-40(36)48-41/h3-27H,2H2,1H3/i1D3,2D2. The number of hydrogen-bond donors (Lipinski definition) is 0. The first-order valence-electron chi connectivity index (χ1n) is 18.6. The summed E-state index contributed by atoms with van der Waals surface area (Å²) in [6.45, 7) is -2.90. The summed E-state index contributed by atoms with van der Waals surface area (Å²) >= 11 is 1.84. The Bertz CT molecular complexity index is 3040. The van der Waals surface area contributed by atoms with Crippen LogP contribution in [0.25, 0.3) is 91.5 Å². The number of nitrogens with zero attached hydrogens (tertiary/aromatic N) is 2. The molecule has 0 bridgehead atoms. The maximum Gasteiger partial charge on any atom is 0.114 e. The molecule has 3 heteroatoms. The lowest BCUT2D eigenvalue weighted by Gasteiger charge is -2.19. The summed E-state index contributed by atoms with van der Waals surface area (Å²) in [6, 6.07) is 52.5. The second kappa shape index (κ2) is 10.6. The van der Waals surface area contributed by atoms with Crippen LogP contribution in [0.15, 0.2) is 152 Å². The van der Waals surface area contributed by atoms with E-state index in [-0.39, 0.29) is 5.82 Å². The molecule has 2 aromatic heterocycles. The van der Waals surface area contributed by atoms with Gasteiger partial charge in [0.15, 0.2) is 0 Å². The molecule has 48 heavy (non-hydrogen) atoms. The summed E-state index contributed by atoms with van der Waals surface area (Å²) in [5.74, 6) is -0.140. The predicted molar refractivity (Wildman–Crippen MR) is 207 cm³/mol. The van der Waals surface area contributed by atoms with E-state index in [4.69, 9.17) is 6.85 Å². The van der Waals surface area contributed by atoms with Crippen LogP contribution in [0.4, 0.5) is 0 Å². The molecule has 0 saturated carbocycles. The Morgan fingerprint density at radius 1 is 0.604 bits per heavy atom. The highest BCUT2D eigenvalue weighted by Gasteiger charge is 2.20. The Labute approximate surface area is 289 Å². The van der Waals surface area contributed by atoms with E-state index in [1.165, 1.54) is 58.4 Å². The highest BCUT2D eigenvalue weighted by atomic mass is 32.1. The molecule has 0 radical (unpaired) electrons. The van der Waals surface area contributed by atoms with E-state index in [0.717, 1.165) is 16.3 Å². The van der Waals surface area contributed by atoms with Gasteiger partial charge in [-0.3, -0.25) is 4.57 Å². The van der Waals surface area contributed by atoms with Gasteiger partial charge in [0.25, 0.3) is 0 Å². The van der Waals surface area contributed by atoms with Crippen molar-refractivity contribution in [2.75, 3.05) is 0 Å². The molecule has 10 rings (SSSR count). The molecule has 0 unspecified atom stereocenters. The summed E-state index contributed by atoms with van der Waals surface area (Å²) < 4.78 is 45.4. The van der Waals surface area contributed by atoms with Crippen molar-refractivity contribution in [3.63, 3.8) is 0 Å². The van der Waals surface area contributed by atoms with Crippen molar-refractivity contribution in [2.45, 2.75) is 13.2 Å². The molecule has 0 aliphatic rings. The van der Waals surface area contributed by atoms with Gasteiger partial charge in [-0.25, -0.2) is 4.98 Å². The summed E-state index contributed by atoms with van der Waals surface area (Å²) in [6.07, 6.45) is -2.67. The van der Waals surface area contributed by atoms with Gasteiger partial charge in [-0.1, -0.05) is 116 Å². The number of rotatable bonds is 4. The summed E-state index contributed by atoms with van der Waals surface area (Å²) in [5.41, 5.74) is 6.57. The average molecular weight is 636 g/mol. The van der Waals surface area contributed by atoms with E-state index in [0.29, 0.717) is 16.7 Å². The Kier molecular flexibility index (Phi) is 5.03. The number of aromatic nitrogens is 2. The van der Waals surface area contributed by atoms with Crippen molar-refractivity contribution in [1.82, 2.24) is 9.55 Å². The van der Waals surface area contributed by atoms with Crippen LogP contribution < -0.4 is 0 Å². The predicted octanol–water partition coefficient (Wildman–Crippen LogP) is 12.7. The van der Waals surface area contributed by atoms with Gasteiger partial charge in [-0.05, 0) is 97.0 Å². The molecular formula is C45H30N2S. The van der Waals surface area contributed by atoms with E-state index < -0.39 is 13.2 Å². The van der Waals surface area contributed by atoms with Crippen molar-refractivity contribution in [1.29, 1.82) is 0 Å². The van der Waals surface area contributed by atoms with Crippen molar-refractivity contribution in [3.05, 3.63) is 157 Å². The molecule has 226 valence electrons. The Morgan fingerprint density at radius 2 is 1.25 bits per heavy atom. The molecule has 0 saturated heterocycles. The van der Waals surface area contributed by atoms with Gasteiger partial charge in [0.2, 0.25) is 0 Å². The van der Waals surface area contributed by atoms with Gasteiger partial charge < -0.3 is 0 Å². The zero-order valence-corrected chi connectivity index (χ0v) is 26.6. The maximum absolute atomic E-state index is 8.62. The van der Waals surface area contributed by atoms with Crippen LogP contribution in [-0.2, 0) is 6.37 Å². The monoisotopic (exact) mass is 635 g/mol. The smallest absolute Gasteiger partial charge is 0.114 e. The van der Waals surface area contributed by atoms with Crippen LogP contribution in [0.3, 0.4) is 0 Å². The zero-order chi connectivity index (χ0) is 36.1. The van der Waals surface area contributed by atoms with Crippen LogP contribution in [0.1, 0.15) is 19.5 Å². The molecule has 2 heterocycles. The molecule has 0 aliphatic heterocycles. The number of thiophene rings is 1. The van der Waals surface area contributed by atoms with E-state index in [9.17, 15) is 0 Å². The number of benzene rings is 8. The van der Waals surface area contributed by atoms with Crippen LogP contribution in [0.5, 0.6) is 0 Å². The first-order valence-corrected chi connectivity index (χ1v) is 16.9. The largest absolute Gasteiger partial charge is 0.296 e. The van der Waals surface area contributed by atoms with E-state index in [1.54, 1.807) is 10.6 Å². The lowest BCUT2D eigenvalue weighted by molar-refractivity contribution is 0.909. The van der Waals surface area contributed by atoms with Crippen LogP contribution in [0, 0.1) is 0 Å². The Hall–Kier alpha value is -5.77. The third-order valence-electron chi connectivity index (χ3n) is 9.65. The quantitative estimate of drug-likeness (QED) is 0.176. The molecule has 8 aromatic carbocycles. The normalized spacial score (nSPS) is 14.0. The van der Waals surface area contributed by atoms with Crippen molar-refractivity contribution in [2.24, 2.45) is 0 Å². The third-order valence-corrected chi connectivity index (χ3v) is 10.8. The number of para-hydroxylation sites is 2. The molecule has 0 spiro atoms. The number of imidazole rings is 1. The Morgan fingerprint density at radius 3 is 2.04 bits per heavy atom. The van der Waals surface area contributed by atoms with Gasteiger partial charge in [-0.2, -0.15) is 0 Å². The topological polar surface area (TPSA) is 17.8 Å². The molecule has 2 nitrogen and oxygen atoms in total. The second-order valence-corrected chi connectivity index (χ2v) is 13.3.